The van der Waals surface area contributed by atoms with Gasteiger partial charge >= 0.3 is 0 Å². The van der Waals surface area contributed by atoms with Crippen LogP contribution in [0.3, 0.4) is 0 Å². The molecular weight excluding hydrogens is 240 g/mol. The fourth-order valence-corrected chi connectivity index (χ4v) is 1.70. The first-order valence-corrected chi connectivity index (χ1v) is 5.39. The van der Waals surface area contributed by atoms with Gasteiger partial charge in [-0.25, -0.2) is 0 Å². The Kier molecular flexibility index (Phi) is 4.21. The van der Waals surface area contributed by atoms with Gasteiger partial charge in [-0.15, -0.1) is 6.58 Å². The zero-order valence-corrected chi connectivity index (χ0v) is 10.2. The van der Waals surface area contributed by atoms with E-state index in [4.69, 9.17) is 4.74 Å². The first-order chi connectivity index (χ1) is 6.63. The number of aryl methyl sites for hydroxylation is 1. The predicted molar refractivity (Wildman–Crippen MR) is 63.8 cm³/mol. The first-order valence-electron chi connectivity index (χ1n) is 4.60. The quantitative estimate of drug-likeness (QED) is 0.740. The molecule has 0 bridgehead atoms. The number of hydrogen-bond donors (Lipinski definition) is 0. The molecule has 0 radical (unpaired) electrons. The lowest BCUT2D eigenvalue weighted by Crippen LogP contribution is -1.92. The smallest absolute Gasteiger partial charge is 0.122 e. The van der Waals surface area contributed by atoms with Crippen molar-refractivity contribution in [3.8, 4) is 5.75 Å². The molecule has 1 aromatic carbocycles. The van der Waals surface area contributed by atoms with Crippen LogP contribution >= 0.6 is 15.9 Å². The third-order valence-electron chi connectivity index (χ3n) is 2.06. The van der Waals surface area contributed by atoms with Gasteiger partial charge < -0.3 is 4.74 Å². The Morgan fingerprint density at radius 3 is 2.79 bits per heavy atom. The standard InChI is InChI=1S/C12H15BrO/c1-9(2)4-5-10-8-11(13)6-7-12(10)14-3/h6-8H,1,4-5H2,2-3H3. The van der Waals surface area contributed by atoms with Crippen molar-refractivity contribution in [1.29, 1.82) is 0 Å². The topological polar surface area (TPSA) is 9.23 Å². The van der Waals surface area contributed by atoms with Crippen LogP contribution in [0.4, 0.5) is 0 Å². The summed E-state index contributed by atoms with van der Waals surface area (Å²) >= 11 is 3.45. The summed E-state index contributed by atoms with van der Waals surface area (Å²) < 4.78 is 6.37. The van der Waals surface area contributed by atoms with Crippen molar-refractivity contribution in [3.63, 3.8) is 0 Å². The Labute approximate surface area is 93.9 Å². The highest BCUT2D eigenvalue weighted by Crippen LogP contribution is 2.24. The van der Waals surface area contributed by atoms with Gasteiger partial charge in [0.2, 0.25) is 0 Å². The van der Waals surface area contributed by atoms with Gasteiger partial charge in [0.25, 0.3) is 0 Å². The number of ether oxygens (including phenoxy) is 1. The Morgan fingerprint density at radius 1 is 1.50 bits per heavy atom. The Balaban J connectivity index is 2.82. The molecule has 0 aromatic heterocycles. The molecule has 1 rings (SSSR count). The van der Waals surface area contributed by atoms with Gasteiger partial charge in [0.05, 0.1) is 7.11 Å². The maximum atomic E-state index is 5.28. The summed E-state index contributed by atoms with van der Waals surface area (Å²) in [7, 11) is 1.70. The number of methoxy groups -OCH3 is 1. The van der Waals surface area contributed by atoms with Crippen LogP contribution < -0.4 is 4.74 Å². The van der Waals surface area contributed by atoms with E-state index in [0.29, 0.717) is 0 Å². The third kappa shape index (κ3) is 3.18. The summed E-state index contributed by atoms with van der Waals surface area (Å²) in [6, 6.07) is 6.07. The minimum Gasteiger partial charge on any atom is -0.496 e. The van der Waals surface area contributed by atoms with Crippen LogP contribution in [-0.2, 0) is 6.42 Å². The van der Waals surface area contributed by atoms with E-state index in [-0.39, 0.29) is 0 Å². The van der Waals surface area contributed by atoms with Gasteiger partial charge in [-0.3, -0.25) is 0 Å². The van der Waals surface area contributed by atoms with Crippen molar-refractivity contribution in [3.05, 3.63) is 40.4 Å². The van der Waals surface area contributed by atoms with E-state index in [2.05, 4.69) is 28.6 Å². The van der Waals surface area contributed by atoms with Gasteiger partial charge in [-0.2, -0.15) is 0 Å². The number of rotatable bonds is 4. The van der Waals surface area contributed by atoms with Crippen molar-refractivity contribution >= 4 is 15.9 Å². The van der Waals surface area contributed by atoms with Crippen molar-refractivity contribution in [1.82, 2.24) is 0 Å². The normalized spacial score (nSPS) is 9.93. The number of benzene rings is 1. The average molecular weight is 255 g/mol. The molecule has 0 atom stereocenters. The van der Waals surface area contributed by atoms with Gasteiger partial charge in [0.1, 0.15) is 5.75 Å². The SMILES string of the molecule is C=C(C)CCc1cc(Br)ccc1OC. The van der Waals surface area contributed by atoms with Crippen molar-refractivity contribution in [2.75, 3.05) is 7.11 Å². The van der Waals surface area contributed by atoms with Crippen LogP contribution in [0.15, 0.2) is 34.8 Å². The van der Waals surface area contributed by atoms with E-state index in [1.807, 2.05) is 19.1 Å². The molecule has 0 aliphatic rings. The summed E-state index contributed by atoms with van der Waals surface area (Å²) in [5.74, 6) is 0.953. The Morgan fingerprint density at radius 2 is 2.21 bits per heavy atom. The Hall–Kier alpha value is -0.760. The van der Waals surface area contributed by atoms with Gasteiger partial charge in [0.15, 0.2) is 0 Å². The molecule has 2 heteroatoms. The molecule has 0 amide bonds. The van der Waals surface area contributed by atoms with Crippen LogP contribution in [0.5, 0.6) is 5.75 Å². The molecule has 0 aliphatic heterocycles. The molecule has 1 nitrogen and oxygen atoms in total. The minimum atomic E-state index is 0.953. The van der Waals surface area contributed by atoms with Gasteiger partial charge in [-0.1, -0.05) is 21.5 Å². The fraction of sp³-hybridized carbons (Fsp3) is 0.333. The summed E-state index contributed by atoms with van der Waals surface area (Å²) in [4.78, 5) is 0. The van der Waals surface area contributed by atoms with Crippen molar-refractivity contribution in [2.24, 2.45) is 0 Å². The number of hydrogen-bond acceptors (Lipinski definition) is 1. The van der Waals surface area contributed by atoms with Crippen LogP contribution in [-0.4, -0.2) is 7.11 Å². The molecule has 0 saturated heterocycles. The lowest BCUT2D eigenvalue weighted by Gasteiger charge is -2.08. The number of allylic oxidation sites excluding steroid dienone is 1. The minimum absolute atomic E-state index is 0.953. The van der Waals surface area contributed by atoms with E-state index >= 15 is 0 Å². The van der Waals surface area contributed by atoms with E-state index in [0.717, 1.165) is 23.1 Å². The summed E-state index contributed by atoms with van der Waals surface area (Å²) in [5, 5.41) is 0. The molecule has 0 saturated carbocycles. The van der Waals surface area contributed by atoms with Crippen LogP contribution in [0.1, 0.15) is 18.9 Å². The molecule has 1 aromatic rings. The van der Waals surface area contributed by atoms with Crippen molar-refractivity contribution < 1.29 is 4.74 Å². The second-order valence-electron chi connectivity index (χ2n) is 3.41. The second kappa shape index (κ2) is 5.20. The molecule has 0 aliphatic carbocycles. The number of halogens is 1. The molecule has 0 fully saturated rings. The highest BCUT2D eigenvalue weighted by molar-refractivity contribution is 9.10. The molecule has 0 unspecified atom stereocenters. The largest absolute Gasteiger partial charge is 0.496 e. The van der Waals surface area contributed by atoms with E-state index in [1.165, 1.54) is 11.1 Å². The molecule has 0 N–H and O–H groups in total. The Bertz CT molecular complexity index is 331. The highest BCUT2D eigenvalue weighted by atomic mass is 79.9. The fourth-order valence-electron chi connectivity index (χ4n) is 1.29. The zero-order chi connectivity index (χ0) is 10.6. The molecular formula is C12H15BrO. The second-order valence-corrected chi connectivity index (χ2v) is 4.33. The average Bonchev–Trinajstić information content (AvgIpc) is 2.15. The monoisotopic (exact) mass is 254 g/mol. The van der Waals surface area contributed by atoms with Crippen LogP contribution in [0, 0.1) is 0 Å². The van der Waals surface area contributed by atoms with Crippen LogP contribution in [0.2, 0.25) is 0 Å². The molecule has 76 valence electrons. The summed E-state index contributed by atoms with van der Waals surface area (Å²) in [6.45, 7) is 5.94. The van der Waals surface area contributed by atoms with Crippen molar-refractivity contribution in [2.45, 2.75) is 19.8 Å². The maximum absolute atomic E-state index is 5.28. The van der Waals surface area contributed by atoms with Gasteiger partial charge in [-0.05, 0) is 43.5 Å². The zero-order valence-electron chi connectivity index (χ0n) is 8.64. The lowest BCUT2D eigenvalue weighted by molar-refractivity contribution is 0.409. The molecule has 0 spiro atoms. The predicted octanol–water partition coefficient (Wildman–Crippen LogP) is 3.97. The molecule has 0 heterocycles. The maximum Gasteiger partial charge on any atom is 0.122 e. The highest BCUT2D eigenvalue weighted by Gasteiger charge is 2.03. The lowest BCUT2D eigenvalue weighted by atomic mass is 10.1. The summed E-state index contributed by atoms with van der Waals surface area (Å²) in [5.41, 5.74) is 2.43. The van der Waals surface area contributed by atoms with E-state index < -0.39 is 0 Å². The first kappa shape index (κ1) is 11.3. The summed E-state index contributed by atoms with van der Waals surface area (Å²) in [6.07, 6.45) is 1.99. The van der Waals surface area contributed by atoms with Gasteiger partial charge in [0, 0.05) is 4.47 Å². The molecule has 14 heavy (non-hydrogen) atoms. The van der Waals surface area contributed by atoms with E-state index in [1.54, 1.807) is 7.11 Å². The third-order valence-corrected chi connectivity index (χ3v) is 2.56. The van der Waals surface area contributed by atoms with Crippen LogP contribution in [0.25, 0.3) is 0 Å². The van der Waals surface area contributed by atoms with E-state index in [9.17, 15) is 0 Å².